The molecule has 0 radical (unpaired) electrons. The minimum atomic E-state index is -4.54. The molecular weight excluding hydrogens is 481 g/mol. The maximum absolute atomic E-state index is 13.1. The molecule has 0 aliphatic carbocycles. The van der Waals surface area contributed by atoms with E-state index in [1.165, 1.54) is 12.1 Å². The van der Waals surface area contributed by atoms with Gasteiger partial charge in [0.15, 0.2) is 0 Å². The van der Waals surface area contributed by atoms with E-state index in [1.807, 2.05) is 0 Å². The lowest BCUT2D eigenvalue weighted by atomic mass is 10.1. The molecule has 10 heteroatoms. The molecule has 3 aromatic carbocycles. The molecule has 0 fully saturated rings. The van der Waals surface area contributed by atoms with Crippen LogP contribution in [0.15, 0.2) is 95.9 Å². The topological polar surface area (TPSA) is 95.5 Å². The van der Waals surface area contributed by atoms with E-state index in [9.17, 15) is 27.6 Å². The Balaban J connectivity index is 1.82. The summed E-state index contributed by atoms with van der Waals surface area (Å²) in [5.41, 5.74) is 0.137. The van der Waals surface area contributed by atoms with Crippen molar-refractivity contribution in [3.63, 3.8) is 0 Å². The molecule has 0 aliphatic rings. The quantitative estimate of drug-likeness (QED) is 0.270. The molecule has 35 heavy (non-hydrogen) atoms. The first-order valence-electron chi connectivity index (χ1n) is 10.1. The van der Waals surface area contributed by atoms with Gasteiger partial charge < -0.3 is 15.7 Å². The Labute approximate surface area is 202 Å². The van der Waals surface area contributed by atoms with Crippen molar-refractivity contribution >= 4 is 40.9 Å². The molecule has 0 spiro atoms. The number of benzene rings is 3. The molecule has 0 saturated heterocycles. The van der Waals surface area contributed by atoms with Gasteiger partial charge in [-0.15, -0.1) is 11.8 Å². The number of alkyl halides is 3. The number of carbonyl (C=O) groups excluding carboxylic acids is 2. The Bertz CT molecular complexity index is 1250. The summed E-state index contributed by atoms with van der Waals surface area (Å²) in [4.78, 5) is 36.2. The SMILES string of the molecule is O=C(O)/C=C/C(=O)Nc1cccc(SC(C(=O)Nc2cccc(C(F)(F)F)c2)c2ccccc2)c1. The van der Waals surface area contributed by atoms with E-state index in [1.54, 1.807) is 54.6 Å². The zero-order chi connectivity index (χ0) is 25.4. The van der Waals surface area contributed by atoms with Gasteiger partial charge in [0.05, 0.1) is 5.56 Å². The number of halogens is 3. The van der Waals surface area contributed by atoms with Crippen molar-refractivity contribution in [3.05, 3.63) is 102 Å². The van der Waals surface area contributed by atoms with Crippen LogP contribution in [0.5, 0.6) is 0 Å². The molecule has 2 amide bonds. The highest BCUT2D eigenvalue weighted by Crippen LogP contribution is 2.37. The van der Waals surface area contributed by atoms with Gasteiger partial charge in [0.1, 0.15) is 5.25 Å². The van der Waals surface area contributed by atoms with Gasteiger partial charge in [-0.25, -0.2) is 4.79 Å². The highest BCUT2D eigenvalue weighted by molar-refractivity contribution is 8.00. The third kappa shape index (κ3) is 7.75. The largest absolute Gasteiger partial charge is 0.478 e. The molecule has 0 aromatic heterocycles. The molecule has 1 unspecified atom stereocenters. The van der Waals surface area contributed by atoms with Gasteiger partial charge in [-0.05, 0) is 42.0 Å². The van der Waals surface area contributed by atoms with Crippen LogP contribution in [-0.2, 0) is 20.6 Å². The fourth-order valence-electron chi connectivity index (χ4n) is 3.00. The van der Waals surface area contributed by atoms with Crippen LogP contribution in [0.1, 0.15) is 16.4 Å². The van der Waals surface area contributed by atoms with E-state index >= 15 is 0 Å². The number of anilines is 2. The minimum Gasteiger partial charge on any atom is -0.478 e. The second kappa shape index (κ2) is 11.4. The van der Waals surface area contributed by atoms with Crippen LogP contribution in [0.2, 0.25) is 0 Å². The number of hydrogen-bond donors (Lipinski definition) is 3. The smallest absolute Gasteiger partial charge is 0.416 e. The van der Waals surface area contributed by atoms with Crippen LogP contribution in [-0.4, -0.2) is 22.9 Å². The summed E-state index contributed by atoms with van der Waals surface area (Å²) in [5, 5.41) is 12.9. The van der Waals surface area contributed by atoms with Crippen LogP contribution in [0.25, 0.3) is 0 Å². The predicted octanol–water partition coefficient (Wildman–Crippen LogP) is 5.76. The Morgan fingerprint density at radius 3 is 2.14 bits per heavy atom. The van der Waals surface area contributed by atoms with Gasteiger partial charge in [-0.1, -0.05) is 42.5 Å². The number of carbonyl (C=O) groups is 3. The normalized spacial score (nSPS) is 12.2. The van der Waals surface area contributed by atoms with Crippen LogP contribution in [0.3, 0.4) is 0 Å². The average Bonchev–Trinajstić information content (AvgIpc) is 2.81. The summed E-state index contributed by atoms with van der Waals surface area (Å²) in [5.74, 6) is -2.43. The Morgan fingerprint density at radius 2 is 1.49 bits per heavy atom. The number of aliphatic carboxylic acids is 1. The summed E-state index contributed by atoms with van der Waals surface area (Å²) >= 11 is 1.14. The van der Waals surface area contributed by atoms with Gasteiger partial charge >= 0.3 is 12.1 Å². The zero-order valence-electron chi connectivity index (χ0n) is 18.0. The third-order valence-electron chi connectivity index (χ3n) is 4.53. The van der Waals surface area contributed by atoms with Crippen molar-refractivity contribution in [2.75, 3.05) is 10.6 Å². The lowest BCUT2D eigenvalue weighted by Crippen LogP contribution is -2.19. The lowest BCUT2D eigenvalue weighted by Gasteiger charge is -2.18. The number of thioether (sulfide) groups is 1. The number of nitrogens with one attached hydrogen (secondary N) is 2. The van der Waals surface area contributed by atoms with Crippen LogP contribution in [0.4, 0.5) is 24.5 Å². The molecule has 3 aromatic rings. The number of amides is 2. The van der Waals surface area contributed by atoms with Crippen LogP contribution >= 0.6 is 11.8 Å². The maximum Gasteiger partial charge on any atom is 0.416 e. The molecule has 0 bridgehead atoms. The van der Waals surface area contributed by atoms with Gasteiger partial charge in [-0.2, -0.15) is 13.2 Å². The predicted molar refractivity (Wildman–Crippen MR) is 127 cm³/mol. The first kappa shape index (κ1) is 25.6. The molecule has 3 N–H and O–H groups in total. The fraction of sp³-hybridized carbons (Fsp3) is 0.0800. The number of hydrogen-bond acceptors (Lipinski definition) is 4. The molecule has 180 valence electrons. The Morgan fingerprint density at radius 1 is 0.829 bits per heavy atom. The molecular formula is C25H19F3N2O4S. The van der Waals surface area contributed by atoms with E-state index in [-0.39, 0.29) is 5.69 Å². The van der Waals surface area contributed by atoms with E-state index < -0.39 is 34.8 Å². The van der Waals surface area contributed by atoms with Gasteiger partial charge in [0.2, 0.25) is 11.8 Å². The standard InChI is InChI=1S/C25H19F3N2O4S/c26-25(27,28)17-8-4-9-18(14-17)30-24(34)23(16-6-2-1-3-7-16)35-20-11-5-10-19(15-20)29-21(31)12-13-22(32)33/h1-15,23H,(H,29,31)(H,30,34)(H,32,33)/b13-12+. The van der Waals surface area contributed by atoms with Crippen molar-refractivity contribution in [2.45, 2.75) is 16.3 Å². The first-order chi connectivity index (χ1) is 16.6. The number of carboxylic acid groups (broad SMARTS) is 1. The van der Waals surface area contributed by atoms with E-state index in [4.69, 9.17) is 5.11 Å². The van der Waals surface area contributed by atoms with E-state index in [0.717, 1.165) is 30.0 Å². The highest BCUT2D eigenvalue weighted by atomic mass is 32.2. The monoisotopic (exact) mass is 500 g/mol. The average molecular weight is 500 g/mol. The van der Waals surface area contributed by atoms with Gasteiger partial charge in [0, 0.05) is 28.4 Å². The molecule has 6 nitrogen and oxygen atoms in total. The Hall–Kier alpha value is -4.05. The molecule has 0 saturated carbocycles. The summed E-state index contributed by atoms with van der Waals surface area (Å²) < 4.78 is 39.2. The summed E-state index contributed by atoms with van der Waals surface area (Å²) in [6, 6.07) is 19.6. The summed E-state index contributed by atoms with van der Waals surface area (Å²) in [6.45, 7) is 0. The second-order valence-electron chi connectivity index (χ2n) is 7.17. The van der Waals surface area contributed by atoms with Crippen molar-refractivity contribution in [3.8, 4) is 0 Å². The maximum atomic E-state index is 13.1. The molecule has 0 aliphatic heterocycles. The van der Waals surface area contributed by atoms with E-state index in [2.05, 4.69) is 10.6 Å². The van der Waals surface area contributed by atoms with Crippen molar-refractivity contribution in [1.82, 2.24) is 0 Å². The van der Waals surface area contributed by atoms with Gasteiger partial charge in [-0.3, -0.25) is 9.59 Å². The lowest BCUT2D eigenvalue weighted by molar-refractivity contribution is -0.137. The summed E-state index contributed by atoms with van der Waals surface area (Å²) in [7, 11) is 0. The van der Waals surface area contributed by atoms with Crippen molar-refractivity contribution < 1.29 is 32.7 Å². The molecule has 1 atom stereocenters. The van der Waals surface area contributed by atoms with Crippen LogP contribution in [0, 0.1) is 0 Å². The minimum absolute atomic E-state index is 0.0117. The second-order valence-corrected chi connectivity index (χ2v) is 8.34. The van der Waals surface area contributed by atoms with Crippen molar-refractivity contribution in [2.24, 2.45) is 0 Å². The van der Waals surface area contributed by atoms with Gasteiger partial charge in [0.25, 0.3) is 0 Å². The Kier molecular flexibility index (Phi) is 8.32. The zero-order valence-corrected chi connectivity index (χ0v) is 18.8. The third-order valence-corrected chi connectivity index (χ3v) is 5.78. The number of rotatable bonds is 8. The van der Waals surface area contributed by atoms with E-state index in [0.29, 0.717) is 22.2 Å². The molecule has 0 heterocycles. The number of carboxylic acids is 1. The fourth-order valence-corrected chi connectivity index (χ4v) is 4.08. The molecule has 3 rings (SSSR count). The first-order valence-corrected chi connectivity index (χ1v) is 11.0. The summed E-state index contributed by atoms with van der Waals surface area (Å²) in [6.07, 6.45) is -2.96. The van der Waals surface area contributed by atoms with Crippen molar-refractivity contribution in [1.29, 1.82) is 0 Å². The van der Waals surface area contributed by atoms with Crippen LogP contribution < -0.4 is 10.6 Å². The highest BCUT2D eigenvalue weighted by Gasteiger charge is 2.31.